The van der Waals surface area contributed by atoms with Crippen LogP contribution in [0.2, 0.25) is 0 Å². The van der Waals surface area contributed by atoms with Crippen LogP contribution in [0.1, 0.15) is 44.6 Å². The smallest absolute Gasteiger partial charge is 0.187 e. The second-order valence-electron chi connectivity index (χ2n) is 6.06. The van der Waals surface area contributed by atoms with Crippen molar-refractivity contribution in [2.45, 2.75) is 45.3 Å². The van der Waals surface area contributed by atoms with E-state index in [0.29, 0.717) is 17.8 Å². The predicted octanol–water partition coefficient (Wildman–Crippen LogP) is 2.44. The molecule has 0 aliphatic carbocycles. The number of anilines is 1. The summed E-state index contributed by atoms with van der Waals surface area (Å²) in [6, 6.07) is 3.38. The first-order chi connectivity index (χ1) is 8.21. The number of nitrogens with two attached hydrogens (primary N) is 1. The Bertz CT molecular complexity index is 463. The van der Waals surface area contributed by atoms with Gasteiger partial charge in [-0.15, -0.1) is 0 Å². The molecule has 0 bridgehead atoms. The molecule has 1 unspecified atom stereocenters. The fourth-order valence-electron chi connectivity index (χ4n) is 2.70. The summed E-state index contributed by atoms with van der Waals surface area (Å²) >= 11 is 0. The lowest BCUT2D eigenvalue weighted by atomic mass is 9.83. The summed E-state index contributed by atoms with van der Waals surface area (Å²) in [4.78, 5) is 16.6. The Labute approximate surface area is 108 Å². The van der Waals surface area contributed by atoms with E-state index in [4.69, 9.17) is 10.5 Å². The normalized spacial score (nSPS) is 25.0. The van der Waals surface area contributed by atoms with Crippen molar-refractivity contribution < 1.29 is 9.53 Å². The van der Waals surface area contributed by atoms with Crippen LogP contribution in [0.3, 0.4) is 0 Å². The highest BCUT2D eigenvalue weighted by atomic mass is 16.5. The van der Waals surface area contributed by atoms with E-state index in [1.807, 2.05) is 27.7 Å². The number of carbonyl (C=O) groups excluding carboxylic acids is 1. The molecular weight excluding hydrogens is 228 g/mol. The number of nitrogen functional groups attached to an aromatic ring is 1. The highest BCUT2D eigenvalue weighted by Crippen LogP contribution is 2.43. The molecule has 0 amide bonds. The SMILES string of the molecule is CC1(C)CC(C(=O)c2ccc(N)cn2)C(C)(C)O1. The molecule has 1 saturated heterocycles. The monoisotopic (exact) mass is 248 g/mol. The zero-order chi connectivity index (χ0) is 13.6. The first-order valence-corrected chi connectivity index (χ1v) is 6.17. The van der Waals surface area contributed by atoms with Crippen molar-refractivity contribution >= 4 is 11.5 Å². The topological polar surface area (TPSA) is 65.2 Å². The fraction of sp³-hybridized carbons (Fsp3) is 0.571. The molecule has 0 aromatic carbocycles. The Hall–Kier alpha value is -1.42. The average Bonchev–Trinajstić information content (AvgIpc) is 2.47. The van der Waals surface area contributed by atoms with Crippen LogP contribution in [0.25, 0.3) is 0 Å². The first-order valence-electron chi connectivity index (χ1n) is 6.17. The number of pyridine rings is 1. The standard InChI is InChI=1S/C14H20N2O2/c1-13(2)7-10(14(3,4)18-13)12(17)11-6-5-9(15)8-16-11/h5-6,8,10H,7,15H2,1-4H3. The summed E-state index contributed by atoms with van der Waals surface area (Å²) in [5, 5.41) is 0. The van der Waals surface area contributed by atoms with Gasteiger partial charge in [-0.05, 0) is 46.2 Å². The van der Waals surface area contributed by atoms with E-state index in [9.17, 15) is 4.79 Å². The molecule has 1 aromatic rings. The number of nitrogens with zero attached hydrogens (tertiary/aromatic N) is 1. The number of ketones is 1. The molecule has 4 heteroatoms. The van der Waals surface area contributed by atoms with E-state index in [-0.39, 0.29) is 17.3 Å². The Morgan fingerprint density at radius 1 is 1.39 bits per heavy atom. The maximum absolute atomic E-state index is 12.5. The maximum atomic E-state index is 12.5. The van der Waals surface area contributed by atoms with Crippen molar-refractivity contribution in [3.8, 4) is 0 Å². The van der Waals surface area contributed by atoms with Gasteiger partial charge in [0.05, 0.1) is 29.0 Å². The summed E-state index contributed by atoms with van der Waals surface area (Å²) in [6.45, 7) is 7.94. The van der Waals surface area contributed by atoms with Gasteiger partial charge >= 0.3 is 0 Å². The molecule has 4 nitrogen and oxygen atoms in total. The van der Waals surface area contributed by atoms with E-state index in [1.165, 1.54) is 6.20 Å². The summed E-state index contributed by atoms with van der Waals surface area (Å²) in [5.41, 5.74) is 5.88. The van der Waals surface area contributed by atoms with E-state index in [2.05, 4.69) is 4.98 Å². The minimum Gasteiger partial charge on any atom is -0.397 e. The Kier molecular flexibility index (Phi) is 2.93. The van der Waals surface area contributed by atoms with Gasteiger partial charge in [0.1, 0.15) is 5.69 Å². The summed E-state index contributed by atoms with van der Waals surface area (Å²) in [6.07, 6.45) is 2.23. The lowest BCUT2D eigenvalue weighted by molar-refractivity contribution is -0.0712. The third kappa shape index (κ3) is 2.38. The minimum absolute atomic E-state index is 0.0329. The highest BCUT2D eigenvalue weighted by Gasteiger charge is 2.49. The average molecular weight is 248 g/mol. The molecule has 2 N–H and O–H groups in total. The molecular formula is C14H20N2O2. The Morgan fingerprint density at radius 2 is 2.06 bits per heavy atom. The molecule has 0 radical (unpaired) electrons. The quantitative estimate of drug-likeness (QED) is 0.816. The number of aromatic nitrogens is 1. The molecule has 0 spiro atoms. The number of rotatable bonds is 2. The molecule has 1 fully saturated rings. The third-order valence-corrected chi connectivity index (χ3v) is 3.43. The highest BCUT2D eigenvalue weighted by molar-refractivity contribution is 5.97. The van der Waals surface area contributed by atoms with Crippen LogP contribution < -0.4 is 5.73 Å². The number of hydrogen-bond donors (Lipinski definition) is 1. The van der Waals surface area contributed by atoms with Crippen LogP contribution in [0.4, 0.5) is 5.69 Å². The van der Waals surface area contributed by atoms with Gasteiger partial charge in [0.15, 0.2) is 5.78 Å². The van der Waals surface area contributed by atoms with Gasteiger partial charge in [-0.25, -0.2) is 0 Å². The van der Waals surface area contributed by atoms with Crippen LogP contribution in [0.15, 0.2) is 18.3 Å². The third-order valence-electron chi connectivity index (χ3n) is 3.43. The lowest BCUT2D eigenvalue weighted by Crippen LogP contribution is -2.34. The van der Waals surface area contributed by atoms with Gasteiger partial charge in [0.25, 0.3) is 0 Å². The van der Waals surface area contributed by atoms with Gasteiger partial charge in [-0.2, -0.15) is 0 Å². The number of ether oxygens (including phenoxy) is 1. The van der Waals surface area contributed by atoms with Gasteiger partial charge in [0, 0.05) is 0 Å². The molecule has 2 rings (SSSR count). The molecule has 1 aromatic heterocycles. The van der Waals surface area contributed by atoms with E-state index in [0.717, 1.165) is 0 Å². The largest absolute Gasteiger partial charge is 0.397 e. The van der Waals surface area contributed by atoms with Crippen LogP contribution in [-0.4, -0.2) is 22.0 Å². The molecule has 98 valence electrons. The van der Waals surface area contributed by atoms with E-state index < -0.39 is 5.60 Å². The van der Waals surface area contributed by atoms with Gasteiger partial charge in [0.2, 0.25) is 0 Å². The van der Waals surface area contributed by atoms with Crippen molar-refractivity contribution in [1.82, 2.24) is 4.98 Å². The van der Waals surface area contributed by atoms with E-state index >= 15 is 0 Å². The fourth-order valence-corrected chi connectivity index (χ4v) is 2.70. The first kappa shape index (κ1) is 13.0. The zero-order valence-corrected chi connectivity index (χ0v) is 11.4. The molecule has 0 saturated carbocycles. The predicted molar refractivity (Wildman–Crippen MR) is 70.3 cm³/mol. The lowest BCUT2D eigenvalue weighted by Gasteiger charge is -2.26. The van der Waals surface area contributed by atoms with Crippen LogP contribution >= 0.6 is 0 Å². The summed E-state index contributed by atoms with van der Waals surface area (Å²) in [5.74, 6) is -0.130. The van der Waals surface area contributed by atoms with Gasteiger partial charge in [-0.3, -0.25) is 9.78 Å². The number of Topliss-reactive ketones (excluding diaryl/α,β-unsaturated/α-hetero) is 1. The van der Waals surface area contributed by atoms with Gasteiger partial charge in [-0.1, -0.05) is 0 Å². The maximum Gasteiger partial charge on any atom is 0.187 e. The summed E-state index contributed by atoms with van der Waals surface area (Å²) in [7, 11) is 0. The van der Waals surface area contributed by atoms with E-state index in [1.54, 1.807) is 12.1 Å². The van der Waals surface area contributed by atoms with Crippen LogP contribution in [0, 0.1) is 5.92 Å². The second kappa shape index (κ2) is 4.05. The van der Waals surface area contributed by atoms with Crippen LogP contribution in [-0.2, 0) is 4.74 Å². The Morgan fingerprint density at radius 3 is 2.50 bits per heavy atom. The minimum atomic E-state index is -0.455. The molecule has 2 heterocycles. The number of carbonyl (C=O) groups is 1. The number of hydrogen-bond acceptors (Lipinski definition) is 4. The molecule has 1 aliphatic heterocycles. The Balaban J connectivity index is 2.27. The molecule has 1 aliphatic rings. The summed E-state index contributed by atoms with van der Waals surface area (Å²) < 4.78 is 5.94. The zero-order valence-electron chi connectivity index (χ0n) is 11.4. The van der Waals surface area contributed by atoms with Crippen molar-refractivity contribution in [3.63, 3.8) is 0 Å². The van der Waals surface area contributed by atoms with Crippen LogP contribution in [0.5, 0.6) is 0 Å². The van der Waals surface area contributed by atoms with Crippen molar-refractivity contribution in [1.29, 1.82) is 0 Å². The van der Waals surface area contributed by atoms with Crippen molar-refractivity contribution in [2.24, 2.45) is 5.92 Å². The van der Waals surface area contributed by atoms with Crippen molar-refractivity contribution in [2.75, 3.05) is 5.73 Å². The van der Waals surface area contributed by atoms with Gasteiger partial charge < -0.3 is 10.5 Å². The van der Waals surface area contributed by atoms with Crippen molar-refractivity contribution in [3.05, 3.63) is 24.0 Å². The molecule has 1 atom stereocenters. The molecule has 18 heavy (non-hydrogen) atoms. The second-order valence-corrected chi connectivity index (χ2v) is 6.06.